The summed E-state index contributed by atoms with van der Waals surface area (Å²) in [6, 6.07) is 8.87. The molecule has 1 saturated carbocycles. The van der Waals surface area contributed by atoms with Crippen LogP contribution in [0.3, 0.4) is 0 Å². The van der Waals surface area contributed by atoms with Crippen LogP contribution in [0.4, 0.5) is 0 Å². The van der Waals surface area contributed by atoms with E-state index in [2.05, 4.69) is 10.4 Å². The van der Waals surface area contributed by atoms with Gasteiger partial charge in [-0.1, -0.05) is 37.0 Å². The van der Waals surface area contributed by atoms with Crippen molar-refractivity contribution >= 4 is 5.91 Å². The molecule has 3 rings (SSSR count). The average Bonchev–Trinajstić information content (AvgIpc) is 2.63. The van der Waals surface area contributed by atoms with Gasteiger partial charge in [-0.3, -0.25) is 9.59 Å². The molecule has 0 radical (unpaired) electrons. The second kappa shape index (κ2) is 7.51. The van der Waals surface area contributed by atoms with Crippen molar-refractivity contribution in [3.05, 3.63) is 51.9 Å². The highest BCUT2D eigenvalue weighted by molar-refractivity contribution is 5.95. The molecule has 1 aliphatic carbocycles. The number of hydrogen-bond donors (Lipinski definition) is 1. The van der Waals surface area contributed by atoms with Gasteiger partial charge >= 0.3 is 0 Å². The Kier molecular flexibility index (Phi) is 5.16. The fraction of sp³-hybridized carbons (Fsp3) is 0.421. The first-order valence-corrected chi connectivity index (χ1v) is 8.65. The Hall–Kier alpha value is -2.63. The summed E-state index contributed by atoms with van der Waals surface area (Å²) in [7, 11) is 1.43. The van der Waals surface area contributed by atoms with Gasteiger partial charge in [0.15, 0.2) is 11.4 Å². The lowest BCUT2D eigenvalue weighted by Crippen LogP contribution is -2.38. The van der Waals surface area contributed by atoms with Gasteiger partial charge in [0, 0.05) is 6.04 Å². The molecule has 2 aromatic rings. The monoisotopic (exact) mass is 341 g/mol. The van der Waals surface area contributed by atoms with E-state index in [0.717, 1.165) is 31.2 Å². The normalized spacial score (nSPS) is 15.0. The fourth-order valence-electron chi connectivity index (χ4n) is 3.12. The number of nitrogens with one attached hydrogen (secondary N) is 1. The summed E-state index contributed by atoms with van der Waals surface area (Å²) in [6.07, 6.45) is 5.42. The molecule has 1 aromatic heterocycles. The smallest absolute Gasteiger partial charge is 0.275 e. The minimum atomic E-state index is -0.338. The molecule has 0 bridgehead atoms. The minimum Gasteiger partial charge on any atom is -0.494 e. The Morgan fingerprint density at radius 1 is 1.20 bits per heavy atom. The molecule has 6 nitrogen and oxygen atoms in total. The Labute approximate surface area is 146 Å². The molecule has 25 heavy (non-hydrogen) atoms. The molecule has 1 fully saturated rings. The van der Waals surface area contributed by atoms with Gasteiger partial charge < -0.3 is 10.1 Å². The van der Waals surface area contributed by atoms with Crippen molar-refractivity contribution < 1.29 is 9.53 Å². The summed E-state index contributed by atoms with van der Waals surface area (Å²) >= 11 is 0. The van der Waals surface area contributed by atoms with Crippen molar-refractivity contribution in [2.75, 3.05) is 7.11 Å². The van der Waals surface area contributed by atoms with Gasteiger partial charge in [0.25, 0.3) is 11.5 Å². The number of ether oxygens (including phenoxy) is 1. The minimum absolute atomic E-state index is 0.133. The third-order valence-corrected chi connectivity index (χ3v) is 4.55. The van der Waals surface area contributed by atoms with E-state index in [9.17, 15) is 9.59 Å². The fourth-order valence-corrected chi connectivity index (χ4v) is 3.12. The SMILES string of the molecule is COc1cc(=O)n(-c2ccc(C)cc2)nc1C(=O)NC1CCCCC1. The van der Waals surface area contributed by atoms with Crippen LogP contribution in [-0.4, -0.2) is 28.8 Å². The van der Waals surface area contributed by atoms with Crippen molar-refractivity contribution in [2.24, 2.45) is 0 Å². The van der Waals surface area contributed by atoms with Crippen molar-refractivity contribution in [1.82, 2.24) is 15.1 Å². The predicted molar refractivity (Wildman–Crippen MR) is 95.5 cm³/mol. The summed E-state index contributed by atoms with van der Waals surface area (Å²) in [4.78, 5) is 25.0. The van der Waals surface area contributed by atoms with E-state index in [1.165, 1.54) is 24.3 Å². The Balaban J connectivity index is 1.94. The van der Waals surface area contributed by atoms with E-state index in [0.29, 0.717) is 5.69 Å². The molecule has 0 aliphatic heterocycles. The maximum atomic E-state index is 12.7. The average molecular weight is 341 g/mol. The van der Waals surface area contributed by atoms with Crippen molar-refractivity contribution in [2.45, 2.75) is 45.1 Å². The van der Waals surface area contributed by atoms with Crippen LogP contribution in [0.1, 0.15) is 48.2 Å². The molecular formula is C19H23N3O3. The maximum Gasteiger partial charge on any atom is 0.275 e. The van der Waals surface area contributed by atoms with Gasteiger partial charge in [-0.05, 0) is 31.9 Å². The Bertz CT molecular complexity index is 806. The lowest BCUT2D eigenvalue weighted by molar-refractivity contribution is 0.0917. The van der Waals surface area contributed by atoms with E-state index in [4.69, 9.17) is 4.74 Å². The molecule has 0 spiro atoms. The van der Waals surface area contributed by atoms with Crippen LogP contribution < -0.4 is 15.6 Å². The zero-order valence-corrected chi connectivity index (χ0v) is 14.6. The summed E-state index contributed by atoms with van der Waals surface area (Å²) in [5.74, 6) is -0.105. The van der Waals surface area contributed by atoms with Crippen LogP contribution in [0.2, 0.25) is 0 Å². The van der Waals surface area contributed by atoms with Gasteiger partial charge in [0.2, 0.25) is 0 Å². The third-order valence-electron chi connectivity index (χ3n) is 4.55. The lowest BCUT2D eigenvalue weighted by Gasteiger charge is -2.23. The highest BCUT2D eigenvalue weighted by atomic mass is 16.5. The molecule has 0 saturated heterocycles. The predicted octanol–water partition coefficient (Wildman–Crippen LogP) is 2.61. The van der Waals surface area contributed by atoms with E-state index < -0.39 is 0 Å². The van der Waals surface area contributed by atoms with Crippen LogP contribution in [0, 0.1) is 6.92 Å². The Morgan fingerprint density at radius 3 is 2.52 bits per heavy atom. The first-order valence-electron chi connectivity index (χ1n) is 8.65. The number of carbonyl (C=O) groups is 1. The number of amides is 1. The molecule has 1 amide bonds. The summed E-state index contributed by atoms with van der Waals surface area (Å²) in [5, 5.41) is 7.30. The van der Waals surface area contributed by atoms with Gasteiger partial charge in [0.1, 0.15) is 0 Å². The van der Waals surface area contributed by atoms with Gasteiger partial charge in [-0.2, -0.15) is 9.78 Å². The second-order valence-electron chi connectivity index (χ2n) is 6.46. The third kappa shape index (κ3) is 3.90. The van der Waals surface area contributed by atoms with Crippen LogP contribution in [-0.2, 0) is 0 Å². The van der Waals surface area contributed by atoms with Crippen molar-refractivity contribution in [3.8, 4) is 11.4 Å². The van der Waals surface area contributed by atoms with Gasteiger partial charge in [-0.15, -0.1) is 0 Å². The molecular weight excluding hydrogens is 318 g/mol. The summed E-state index contributed by atoms with van der Waals surface area (Å²) in [6.45, 7) is 1.97. The number of carbonyl (C=O) groups excluding carboxylic acids is 1. The molecule has 0 unspecified atom stereocenters. The largest absolute Gasteiger partial charge is 0.494 e. The lowest BCUT2D eigenvalue weighted by atomic mass is 9.95. The first kappa shape index (κ1) is 17.2. The van der Waals surface area contributed by atoms with E-state index in [-0.39, 0.29) is 29.0 Å². The highest BCUT2D eigenvalue weighted by Crippen LogP contribution is 2.19. The van der Waals surface area contributed by atoms with Crippen LogP contribution in [0.5, 0.6) is 5.75 Å². The molecule has 0 atom stereocenters. The molecule has 1 heterocycles. The molecule has 1 aromatic carbocycles. The number of methoxy groups -OCH3 is 1. The Morgan fingerprint density at radius 2 is 1.88 bits per heavy atom. The standard InChI is InChI=1S/C19H23N3O3/c1-13-8-10-15(11-9-13)22-17(23)12-16(25-2)18(21-22)19(24)20-14-6-4-3-5-7-14/h8-12,14H,3-7H2,1-2H3,(H,20,24). The summed E-state index contributed by atoms with van der Waals surface area (Å²) < 4.78 is 6.44. The zero-order valence-electron chi connectivity index (χ0n) is 14.6. The highest BCUT2D eigenvalue weighted by Gasteiger charge is 2.22. The van der Waals surface area contributed by atoms with Gasteiger partial charge in [0.05, 0.1) is 18.9 Å². The van der Waals surface area contributed by atoms with Crippen molar-refractivity contribution in [1.29, 1.82) is 0 Å². The first-order chi connectivity index (χ1) is 12.1. The van der Waals surface area contributed by atoms with Gasteiger partial charge in [-0.25, -0.2) is 0 Å². The zero-order chi connectivity index (χ0) is 17.8. The molecule has 132 valence electrons. The molecule has 6 heteroatoms. The number of aromatic nitrogens is 2. The number of benzene rings is 1. The molecule has 1 N–H and O–H groups in total. The van der Waals surface area contributed by atoms with Crippen LogP contribution in [0.15, 0.2) is 35.1 Å². The number of aryl methyl sites for hydroxylation is 1. The van der Waals surface area contributed by atoms with Crippen LogP contribution >= 0.6 is 0 Å². The number of rotatable bonds is 4. The molecule has 1 aliphatic rings. The van der Waals surface area contributed by atoms with E-state index >= 15 is 0 Å². The summed E-state index contributed by atoms with van der Waals surface area (Å²) in [5.41, 5.74) is 1.49. The topological polar surface area (TPSA) is 73.2 Å². The quantitative estimate of drug-likeness (QED) is 0.928. The van der Waals surface area contributed by atoms with E-state index in [1.807, 2.05) is 19.1 Å². The number of hydrogen-bond acceptors (Lipinski definition) is 4. The maximum absolute atomic E-state index is 12.7. The number of nitrogens with zero attached hydrogens (tertiary/aromatic N) is 2. The second-order valence-corrected chi connectivity index (χ2v) is 6.46. The van der Waals surface area contributed by atoms with Crippen LogP contribution in [0.25, 0.3) is 5.69 Å². The van der Waals surface area contributed by atoms with E-state index in [1.54, 1.807) is 12.1 Å². The van der Waals surface area contributed by atoms with Crippen molar-refractivity contribution in [3.63, 3.8) is 0 Å².